The van der Waals surface area contributed by atoms with E-state index in [0.29, 0.717) is 0 Å². The third kappa shape index (κ3) is 13.5. The standard InChI is InChI=1S/C21H34O11/c1-9-11-13-25-31-15(3)17(22)27-20(5,6)29-19(24)30-21(7,8)28-18(23)16(4)32-26-14-12-10-2/h3-4,9-14H2,1-2,5-8H3. The van der Waals surface area contributed by atoms with Crippen LogP contribution in [0.2, 0.25) is 0 Å². The molecule has 0 amide bonds. The van der Waals surface area contributed by atoms with Crippen molar-refractivity contribution in [2.24, 2.45) is 0 Å². The summed E-state index contributed by atoms with van der Waals surface area (Å²) in [5.74, 6) is -6.41. The van der Waals surface area contributed by atoms with Gasteiger partial charge in [0.25, 0.3) is 11.6 Å². The lowest BCUT2D eigenvalue weighted by atomic mass is 10.3. The van der Waals surface area contributed by atoms with Crippen molar-refractivity contribution in [2.75, 3.05) is 13.2 Å². The zero-order chi connectivity index (χ0) is 24.8. The van der Waals surface area contributed by atoms with Crippen LogP contribution in [-0.2, 0) is 48.1 Å². The summed E-state index contributed by atoms with van der Waals surface area (Å²) < 4.78 is 19.9. The lowest BCUT2D eigenvalue weighted by molar-refractivity contribution is -0.273. The maximum atomic E-state index is 12.1. The minimum Gasteiger partial charge on any atom is -0.417 e. The maximum Gasteiger partial charge on any atom is 0.514 e. The quantitative estimate of drug-likeness (QED) is 0.0622. The van der Waals surface area contributed by atoms with Crippen molar-refractivity contribution in [1.82, 2.24) is 0 Å². The first kappa shape index (κ1) is 29.2. The Balaban J connectivity index is 4.56. The molecule has 32 heavy (non-hydrogen) atoms. The van der Waals surface area contributed by atoms with Crippen LogP contribution in [-0.4, -0.2) is 42.9 Å². The van der Waals surface area contributed by atoms with Gasteiger partial charge in [0.05, 0.1) is 13.2 Å². The van der Waals surface area contributed by atoms with Crippen LogP contribution >= 0.6 is 0 Å². The van der Waals surface area contributed by atoms with Crippen LogP contribution in [0.15, 0.2) is 24.7 Å². The number of ether oxygens (including phenoxy) is 4. The summed E-state index contributed by atoms with van der Waals surface area (Å²) in [5.41, 5.74) is 0. The van der Waals surface area contributed by atoms with Crippen molar-refractivity contribution in [1.29, 1.82) is 0 Å². The number of hydrogen-bond donors (Lipinski definition) is 0. The molecule has 11 nitrogen and oxygen atoms in total. The van der Waals surface area contributed by atoms with Crippen LogP contribution in [0.5, 0.6) is 0 Å². The van der Waals surface area contributed by atoms with E-state index in [0.717, 1.165) is 25.7 Å². The summed E-state index contributed by atoms with van der Waals surface area (Å²) in [6, 6.07) is 0. The molecule has 0 saturated carbocycles. The Hall–Kier alpha value is -2.79. The predicted molar refractivity (Wildman–Crippen MR) is 110 cm³/mol. The van der Waals surface area contributed by atoms with Gasteiger partial charge in [-0.2, -0.15) is 9.78 Å². The number of esters is 2. The minimum atomic E-state index is -1.76. The minimum absolute atomic E-state index is 0.269. The second kappa shape index (κ2) is 14.3. The molecule has 11 heteroatoms. The number of carbonyl (C=O) groups is 3. The van der Waals surface area contributed by atoms with E-state index in [1.54, 1.807) is 0 Å². The Labute approximate surface area is 188 Å². The molecule has 0 aliphatic heterocycles. The zero-order valence-corrected chi connectivity index (χ0v) is 19.6. The van der Waals surface area contributed by atoms with Crippen molar-refractivity contribution >= 4 is 18.1 Å². The van der Waals surface area contributed by atoms with E-state index in [1.807, 2.05) is 13.8 Å². The van der Waals surface area contributed by atoms with E-state index in [4.69, 9.17) is 38.5 Å². The molecule has 0 aromatic rings. The number of rotatable bonds is 16. The highest BCUT2D eigenvalue weighted by atomic mass is 17.2. The maximum absolute atomic E-state index is 12.1. The molecule has 0 spiro atoms. The molecule has 0 bridgehead atoms. The molecule has 0 heterocycles. The molecule has 0 aromatic heterocycles. The van der Waals surface area contributed by atoms with Gasteiger partial charge < -0.3 is 28.7 Å². The Morgan fingerprint density at radius 1 is 0.656 bits per heavy atom. The molecule has 0 aliphatic rings. The van der Waals surface area contributed by atoms with E-state index < -0.39 is 41.2 Å². The molecule has 184 valence electrons. The highest BCUT2D eigenvalue weighted by Crippen LogP contribution is 2.20. The summed E-state index contributed by atoms with van der Waals surface area (Å²) in [6.07, 6.45) is 1.94. The largest absolute Gasteiger partial charge is 0.514 e. The molecule has 0 N–H and O–H groups in total. The summed E-state index contributed by atoms with van der Waals surface area (Å²) in [5, 5.41) is 0. The van der Waals surface area contributed by atoms with Gasteiger partial charge in [0.1, 0.15) is 0 Å². The van der Waals surface area contributed by atoms with Crippen LogP contribution in [0.25, 0.3) is 0 Å². The summed E-state index contributed by atoms with van der Waals surface area (Å²) in [6.45, 7) is 16.3. The second-order valence-electron chi connectivity index (χ2n) is 7.40. The number of carbonyl (C=O) groups excluding carboxylic acids is 3. The van der Waals surface area contributed by atoms with Gasteiger partial charge in [-0.25, -0.2) is 14.4 Å². The zero-order valence-electron chi connectivity index (χ0n) is 19.6. The molecule has 0 fully saturated rings. The Morgan fingerprint density at radius 2 is 1.00 bits per heavy atom. The Morgan fingerprint density at radius 3 is 1.31 bits per heavy atom. The van der Waals surface area contributed by atoms with E-state index in [1.165, 1.54) is 27.7 Å². The molecule has 0 atom stereocenters. The smallest absolute Gasteiger partial charge is 0.417 e. The van der Waals surface area contributed by atoms with Crippen molar-refractivity contribution in [3.63, 3.8) is 0 Å². The average molecular weight is 462 g/mol. The first-order valence-corrected chi connectivity index (χ1v) is 10.2. The number of hydrogen-bond acceptors (Lipinski definition) is 11. The fourth-order valence-electron chi connectivity index (χ4n) is 1.72. The Kier molecular flexibility index (Phi) is 13.1. The van der Waals surface area contributed by atoms with E-state index >= 15 is 0 Å². The lowest BCUT2D eigenvalue weighted by Crippen LogP contribution is -2.39. The van der Waals surface area contributed by atoms with Crippen LogP contribution < -0.4 is 0 Å². The van der Waals surface area contributed by atoms with Crippen LogP contribution in [0.4, 0.5) is 4.79 Å². The van der Waals surface area contributed by atoms with Crippen LogP contribution in [0.1, 0.15) is 67.2 Å². The average Bonchev–Trinajstić information content (AvgIpc) is 2.66. The molecule has 0 saturated heterocycles. The van der Waals surface area contributed by atoms with Gasteiger partial charge in [-0.15, -0.1) is 0 Å². The summed E-state index contributed by atoms with van der Waals surface area (Å²) in [7, 11) is 0. The molecule has 0 aromatic carbocycles. The predicted octanol–water partition coefficient (Wildman–Crippen LogP) is 4.22. The topological polar surface area (TPSA) is 125 Å². The van der Waals surface area contributed by atoms with Gasteiger partial charge in [0, 0.05) is 27.7 Å². The molecule has 0 aliphatic carbocycles. The Bertz CT molecular complexity index is 598. The van der Waals surface area contributed by atoms with Gasteiger partial charge in [0.15, 0.2) is 0 Å². The van der Waals surface area contributed by atoms with Crippen molar-refractivity contribution in [2.45, 2.75) is 78.8 Å². The highest BCUT2D eigenvalue weighted by Gasteiger charge is 2.35. The summed E-state index contributed by atoms with van der Waals surface area (Å²) >= 11 is 0. The molecule has 0 unspecified atom stereocenters. The molecule has 0 rings (SSSR count). The van der Waals surface area contributed by atoms with E-state index in [-0.39, 0.29) is 13.2 Å². The number of unbranched alkanes of at least 4 members (excludes halogenated alkanes) is 2. The van der Waals surface area contributed by atoms with Crippen molar-refractivity contribution in [3.05, 3.63) is 24.7 Å². The van der Waals surface area contributed by atoms with Crippen LogP contribution in [0.3, 0.4) is 0 Å². The summed E-state index contributed by atoms with van der Waals surface area (Å²) in [4.78, 5) is 55.1. The van der Waals surface area contributed by atoms with Gasteiger partial charge in [-0.1, -0.05) is 26.7 Å². The third-order valence-corrected chi connectivity index (χ3v) is 3.27. The SMILES string of the molecule is C=C(OOCCCC)C(=O)OC(C)(C)OC(=O)OC(C)(C)OC(=O)C(=C)OOCCCC. The lowest BCUT2D eigenvalue weighted by Gasteiger charge is -2.28. The van der Waals surface area contributed by atoms with E-state index in [2.05, 4.69) is 13.2 Å². The highest BCUT2D eigenvalue weighted by molar-refractivity contribution is 5.86. The molecular weight excluding hydrogens is 428 g/mol. The first-order valence-electron chi connectivity index (χ1n) is 10.2. The normalized spacial score (nSPS) is 11.2. The molecule has 0 radical (unpaired) electrons. The van der Waals surface area contributed by atoms with Crippen molar-refractivity contribution < 1.29 is 52.9 Å². The fourth-order valence-corrected chi connectivity index (χ4v) is 1.72. The van der Waals surface area contributed by atoms with Crippen LogP contribution in [0, 0.1) is 0 Å². The second-order valence-corrected chi connectivity index (χ2v) is 7.40. The molecular formula is C21H34O11. The monoisotopic (exact) mass is 462 g/mol. The van der Waals surface area contributed by atoms with Gasteiger partial charge in [-0.05, 0) is 26.0 Å². The first-order chi connectivity index (χ1) is 14.8. The van der Waals surface area contributed by atoms with Crippen molar-refractivity contribution in [3.8, 4) is 0 Å². The third-order valence-electron chi connectivity index (χ3n) is 3.27. The van der Waals surface area contributed by atoms with Gasteiger partial charge in [0.2, 0.25) is 11.5 Å². The van der Waals surface area contributed by atoms with Gasteiger partial charge in [-0.3, -0.25) is 0 Å². The van der Waals surface area contributed by atoms with Gasteiger partial charge >= 0.3 is 18.1 Å². The fraction of sp³-hybridized carbons (Fsp3) is 0.667. The van der Waals surface area contributed by atoms with E-state index in [9.17, 15) is 14.4 Å².